The van der Waals surface area contributed by atoms with Gasteiger partial charge in [0.1, 0.15) is 6.04 Å². The molecule has 0 spiro atoms. The molecule has 2 aliphatic rings. The van der Waals surface area contributed by atoms with Gasteiger partial charge in [-0.3, -0.25) is 19.4 Å². The highest BCUT2D eigenvalue weighted by Crippen LogP contribution is 2.28. The molecule has 2 amide bonds. The number of hydrogen-bond acceptors (Lipinski definition) is 6. The van der Waals surface area contributed by atoms with Crippen molar-refractivity contribution in [2.45, 2.75) is 48.8 Å². The van der Waals surface area contributed by atoms with E-state index >= 15 is 0 Å². The molecule has 0 aromatic heterocycles. The summed E-state index contributed by atoms with van der Waals surface area (Å²) in [6, 6.07) is 6.69. The highest BCUT2D eigenvalue weighted by molar-refractivity contribution is 7.90. The molecule has 3 atom stereocenters. The lowest BCUT2D eigenvalue weighted by Gasteiger charge is -2.33. The van der Waals surface area contributed by atoms with E-state index in [9.17, 15) is 18.0 Å². The van der Waals surface area contributed by atoms with Crippen LogP contribution in [-0.2, 0) is 26.0 Å². The van der Waals surface area contributed by atoms with E-state index in [1.54, 1.807) is 24.3 Å². The molecule has 0 saturated carbocycles. The minimum atomic E-state index is -3.23. The lowest BCUT2D eigenvalue weighted by Crippen LogP contribution is -2.49. The van der Waals surface area contributed by atoms with Gasteiger partial charge in [0, 0.05) is 44.4 Å². The molecule has 8 nitrogen and oxygen atoms in total. The summed E-state index contributed by atoms with van der Waals surface area (Å²) in [6.07, 6.45) is 8.22. The number of terminal acetylenes is 1. The second-order valence-corrected chi connectivity index (χ2v) is 10.3. The first kappa shape index (κ1) is 23.3. The second-order valence-electron chi connectivity index (χ2n) is 8.27. The fraction of sp³-hybridized carbons (Fsp3) is 0.545. The fourth-order valence-electron chi connectivity index (χ4n) is 4.44. The number of sulfone groups is 1. The first-order chi connectivity index (χ1) is 14.7. The van der Waals surface area contributed by atoms with E-state index in [0.29, 0.717) is 25.9 Å². The van der Waals surface area contributed by atoms with Crippen molar-refractivity contribution in [1.82, 2.24) is 20.4 Å². The maximum atomic E-state index is 12.9. The lowest BCUT2D eigenvalue weighted by atomic mass is 10.0. The highest BCUT2D eigenvalue weighted by Gasteiger charge is 2.44. The van der Waals surface area contributed by atoms with E-state index < -0.39 is 9.84 Å². The molecule has 2 saturated heterocycles. The van der Waals surface area contributed by atoms with Gasteiger partial charge in [0.2, 0.25) is 11.8 Å². The number of amides is 2. The molecule has 2 N–H and O–H groups in total. The molecule has 3 rings (SSSR count). The van der Waals surface area contributed by atoms with Crippen molar-refractivity contribution in [2.75, 3.05) is 32.9 Å². The number of nitrogens with zero attached hydrogens (tertiary/aromatic N) is 2. The number of likely N-dealkylation sites (tertiary alicyclic amines) is 1. The Bertz CT molecular complexity index is 955. The van der Waals surface area contributed by atoms with Gasteiger partial charge in [0.15, 0.2) is 9.84 Å². The van der Waals surface area contributed by atoms with Crippen molar-refractivity contribution < 1.29 is 18.0 Å². The van der Waals surface area contributed by atoms with Gasteiger partial charge in [-0.1, -0.05) is 18.1 Å². The number of rotatable bonds is 7. The second kappa shape index (κ2) is 9.81. The molecule has 2 aliphatic heterocycles. The van der Waals surface area contributed by atoms with Gasteiger partial charge >= 0.3 is 0 Å². The van der Waals surface area contributed by atoms with Gasteiger partial charge in [0.25, 0.3) is 0 Å². The Balaban J connectivity index is 1.65. The largest absolute Gasteiger partial charge is 0.353 e. The standard InChI is InChI=1S/C22H30N4O4S/c1-4-12-23-20(27)10-7-17-14-24-22(28)21-19(25(17)2)11-13-26(21)15-16-5-8-18(9-6-16)31(3,29)30/h1,5-6,8-9,17,19,21H,7,10-15H2,2-3H3,(H,23,27)(H,24,28)/t17-,19-,21-/m0/s1. The maximum absolute atomic E-state index is 12.9. The van der Waals surface area contributed by atoms with Gasteiger partial charge in [-0.2, -0.15) is 0 Å². The zero-order chi connectivity index (χ0) is 22.6. The number of hydrogen-bond donors (Lipinski definition) is 2. The molecule has 2 heterocycles. The SMILES string of the molecule is C#CCNC(=O)CC[C@H]1CNC(=O)[C@@H]2[C@H](CCN2Cc2ccc(S(C)(=O)=O)cc2)N1C. The van der Waals surface area contributed by atoms with Gasteiger partial charge in [-0.15, -0.1) is 6.42 Å². The average Bonchev–Trinajstić information content (AvgIpc) is 3.10. The number of fused-ring (bicyclic) bond motifs is 1. The van der Waals surface area contributed by atoms with Gasteiger partial charge in [-0.05, 0) is 37.6 Å². The van der Waals surface area contributed by atoms with Crippen LogP contribution >= 0.6 is 0 Å². The van der Waals surface area contributed by atoms with Crippen LogP contribution in [0.3, 0.4) is 0 Å². The maximum Gasteiger partial charge on any atom is 0.239 e. The molecule has 168 valence electrons. The molecular weight excluding hydrogens is 416 g/mol. The molecule has 1 aromatic carbocycles. The number of carbonyl (C=O) groups excluding carboxylic acids is 2. The predicted octanol–water partition coefficient (Wildman–Crippen LogP) is -0.00720. The van der Waals surface area contributed by atoms with Crippen molar-refractivity contribution in [2.24, 2.45) is 0 Å². The summed E-state index contributed by atoms with van der Waals surface area (Å²) in [7, 11) is -1.21. The number of likely N-dealkylation sites (N-methyl/N-ethyl adjacent to an activating group) is 1. The zero-order valence-electron chi connectivity index (χ0n) is 18.0. The van der Waals surface area contributed by atoms with E-state index in [2.05, 4.69) is 26.4 Å². The summed E-state index contributed by atoms with van der Waals surface area (Å²) in [5, 5.41) is 5.72. The van der Waals surface area contributed by atoms with Crippen LogP contribution in [-0.4, -0.2) is 81.1 Å². The van der Waals surface area contributed by atoms with E-state index in [-0.39, 0.29) is 41.4 Å². The zero-order valence-corrected chi connectivity index (χ0v) is 18.8. The Morgan fingerprint density at radius 3 is 2.68 bits per heavy atom. The first-order valence-corrected chi connectivity index (χ1v) is 12.3. The summed E-state index contributed by atoms with van der Waals surface area (Å²) < 4.78 is 23.3. The molecule has 1 aromatic rings. The Morgan fingerprint density at radius 1 is 1.32 bits per heavy atom. The van der Waals surface area contributed by atoms with Crippen molar-refractivity contribution >= 4 is 21.7 Å². The van der Waals surface area contributed by atoms with Gasteiger partial charge in [-0.25, -0.2) is 8.42 Å². The van der Waals surface area contributed by atoms with Crippen LogP contribution in [0, 0.1) is 12.3 Å². The van der Waals surface area contributed by atoms with Crippen LogP contribution < -0.4 is 10.6 Å². The Hall–Kier alpha value is -2.41. The molecular formula is C22H30N4O4S. The van der Waals surface area contributed by atoms with E-state index in [1.165, 1.54) is 6.26 Å². The summed E-state index contributed by atoms with van der Waals surface area (Å²) in [6.45, 7) is 2.07. The first-order valence-electron chi connectivity index (χ1n) is 10.4. The number of carbonyl (C=O) groups is 2. The number of nitrogens with one attached hydrogen (secondary N) is 2. The van der Waals surface area contributed by atoms with Crippen molar-refractivity contribution in [3.05, 3.63) is 29.8 Å². The third-order valence-corrected chi connectivity index (χ3v) is 7.31. The van der Waals surface area contributed by atoms with Crippen LogP contribution in [0.2, 0.25) is 0 Å². The third-order valence-electron chi connectivity index (χ3n) is 6.18. The van der Waals surface area contributed by atoms with Gasteiger partial charge in [0.05, 0.1) is 11.4 Å². The van der Waals surface area contributed by atoms with Crippen LogP contribution in [0.4, 0.5) is 0 Å². The van der Waals surface area contributed by atoms with E-state index in [4.69, 9.17) is 6.42 Å². The minimum absolute atomic E-state index is 0.00129. The highest BCUT2D eigenvalue weighted by atomic mass is 32.2. The molecule has 0 bridgehead atoms. The average molecular weight is 447 g/mol. The molecule has 0 unspecified atom stereocenters. The Labute approximate surface area is 184 Å². The smallest absolute Gasteiger partial charge is 0.239 e. The Kier molecular flexibility index (Phi) is 7.36. The quantitative estimate of drug-likeness (QED) is 0.572. The van der Waals surface area contributed by atoms with Crippen molar-refractivity contribution in [3.63, 3.8) is 0 Å². The molecule has 0 radical (unpaired) electrons. The minimum Gasteiger partial charge on any atom is -0.353 e. The van der Waals surface area contributed by atoms with Crippen LogP contribution in [0.25, 0.3) is 0 Å². The van der Waals surface area contributed by atoms with Gasteiger partial charge < -0.3 is 10.6 Å². The van der Waals surface area contributed by atoms with E-state index in [0.717, 1.165) is 18.5 Å². The molecule has 0 aliphatic carbocycles. The van der Waals surface area contributed by atoms with Crippen LogP contribution in [0.1, 0.15) is 24.8 Å². The molecule has 2 fully saturated rings. The van der Waals surface area contributed by atoms with Crippen LogP contribution in [0.15, 0.2) is 29.2 Å². The monoisotopic (exact) mass is 446 g/mol. The van der Waals surface area contributed by atoms with Crippen molar-refractivity contribution in [1.29, 1.82) is 0 Å². The lowest BCUT2D eigenvalue weighted by molar-refractivity contribution is -0.126. The third kappa shape index (κ3) is 5.64. The molecule has 31 heavy (non-hydrogen) atoms. The molecule has 9 heteroatoms. The summed E-state index contributed by atoms with van der Waals surface area (Å²) >= 11 is 0. The topological polar surface area (TPSA) is 98.8 Å². The number of benzene rings is 1. The van der Waals surface area contributed by atoms with Crippen molar-refractivity contribution in [3.8, 4) is 12.3 Å². The normalized spacial score (nSPS) is 24.7. The fourth-order valence-corrected chi connectivity index (χ4v) is 5.07. The van der Waals surface area contributed by atoms with Crippen LogP contribution in [0.5, 0.6) is 0 Å². The Morgan fingerprint density at radius 2 is 2.03 bits per heavy atom. The predicted molar refractivity (Wildman–Crippen MR) is 118 cm³/mol. The summed E-state index contributed by atoms with van der Waals surface area (Å²) in [5.41, 5.74) is 0.967. The summed E-state index contributed by atoms with van der Waals surface area (Å²) in [4.78, 5) is 29.5. The van der Waals surface area contributed by atoms with E-state index in [1.807, 2.05) is 7.05 Å². The summed E-state index contributed by atoms with van der Waals surface area (Å²) in [5.74, 6) is 2.31.